The Morgan fingerprint density at radius 3 is 2.92 bits per heavy atom. The number of nitrogens with two attached hydrogens (primary N) is 2. The molecule has 2 heterocycles. The Morgan fingerprint density at radius 1 is 1.40 bits per heavy atom. The molecule has 1 aromatic carbocycles. The zero-order chi connectivity index (χ0) is 18.0. The van der Waals surface area contributed by atoms with Crippen molar-refractivity contribution in [1.82, 2.24) is 4.98 Å². The first-order chi connectivity index (χ1) is 11.9. The van der Waals surface area contributed by atoms with Crippen LogP contribution >= 0.6 is 11.8 Å². The van der Waals surface area contributed by atoms with Crippen LogP contribution in [0.25, 0.3) is 0 Å². The van der Waals surface area contributed by atoms with Crippen LogP contribution in [0.1, 0.15) is 40.5 Å². The minimum absolute atomic E-state index is 0.314. The van der Waals surface area contributed by atoms with Crippen LogP contribution in [-0.2, 0) is 12.0 Å². The summed E-state index contributed by atoms with van der Waals surface area (Å²) in [6.07, 6.45) is 2.70. The number of rotatable bonds is 4. The van der Waals surface area contributed by atoms with Gasteiger partial charge in [0.1, 0.15) is 5.82 Å². The van der Waals surface area contributed by atoms with Crippen molar-refractivity contribution in [3.63, 3.8) is 0 Å². The van der Waals surface area contributed by atoms with E-state index in [2.05, 4.69) is 9.98 Å². The second-order valence-electron chi connectivity index (χ2n) is 6.18. The van der Waals surface area contributed by atoms with Gasteiger partial charge in [0.05, 0.1) is 16.8 Å². The monoisotopic (exact) mass is 358 g/mol. The highest BCUT2D eigenvalue weighted by atomic mass is 32.2. The average molecular weight is 358 g/mol. The van der Waals surface area contributed by atoms with E-state index in [1.165, 1.54) is 17.8 Å². The standard InChI is InChI=1S/C18H19FN4OS/c1-18(6-8-25-17(21)23-18)13-9-11(4-5-14(13)19)10-15-12(16(20)24)3-2-7-22-15/h2-5,7,9H,6,8,10H2,1H3,(H2,20,24)(H2,21,23)/t18-/m0/s1. The Labute approximate surface area is 149 Å². The lowest BCUT2D eigenvalue weighted by Crippen LogP contribution is -2.29. The van der Waals surface area contributed by atoms with Crippen LogP contribution < -0.4 is 11.5 Å². The SMILES string of the molecule is C[C@@]1(c2cc(Cc3ncccc3C(N)=O)ccc2F)CCSC(N)=N1. The van der Waals surface area contributed by atoms with Gasteiger partial charge in [0.25, 0.3) is 5.91 Å². The molecule has 0 saturated carbocycles. The first kappa shape index (κ1) is 17.4. The normalized spacial score (nSPS) is 20.2. The van der Waals surface area contributed by atoms with Gasteiger partial charge in [0.15, 0.2) is 5.17 Å². The summed E-state index contributed by atoms with van der Waals surface area (Å²) < 4.78 is 14.5. The number of thioether (sulfide) groups is 1. The summed E-state index contributed by atoms with van der Waals surface area (Å²) in [6, 6.07) is 8.20. The Kier molecular flexibility index (Phi) is 4.76. The second kappa shape index (κ2) is 6.84. The summed E-state index contributed by atoms with van der Waals surface area (Å²) >= 11 is 1.48. The number of nitrogens with zero attached hydrogens (tertiary/aromatic N) is 2. The number of hydrogen-bond donors (Lipinski definition) is 2. The minimum atomic E-state index is -0.688. The molecule has 0 bridgehead atoms. The van der Waals surface area contributed by atoms with Crippen molar-refractivity contribution < 1.29 is 9.18 Å². The topological polar surface area (TPSA) is 94.4 Å². The van der Waals surface area contributed by atoms with Crippen molar-refractivity contribution in [2.24, 2.45) is 16.5 Å². The number of pyridine rings is 1. The van der Waals surface area contributed by atoms with Gasteiger partial charge in [-0.2, -0.15) is 0 Å². The molecule has 7 heteroatoms. The molecule has 1 amide bonds. The maximum Gasteiger partial charge on any atom is 0.250 e. The fourth-order valence-electron chi connectivity index (χ4n) is 2.97. The number of primary amides is 1. The number of carbonyl (C=O) groups is 1. The van der Waals surface area contributed by atoms with Crippen LogP contribution in [0.3, 0.4) is 0 Å². The molecule has 0 unspecified atom stereocenters. The van der Waals surface area contributed by atoms with Crippen molar-refractivity contribution >= 4 is 22.8 Å². The zero-order valence-electron chi connectivity index (χ0n) is 13.8. The van der Waals surface area contributed by atoms with E-state index in [-0.39, 0.29) is 5.82 Å². The summed E-state index contributed by atoms with van der Waals surface area (Å²) in [5.41, 5.74) is 12.8. The lowest BCUT2D eigenvalue weighted by atomic mass is 9.87. The quantitative estimate of drug-likeness (QED) is 0.878. The summed E-state index contributed by atoms with van der Waals surface area (Å²) in [7, 11) is 0. The highest BCUT2D eigenvalue weighted by molar-refractivity contribution is 8.13. The van der Waals surface area contributed by atoms with Crippen LogP contribution in [0.15, 0.2) is 41.5 Å². The predicted molar refractivity (Wildman–Crippen MR) is 98.0 cm³/mol. The van der Waals surface area contributed by atoms with E-state index in [0.29, 0.717) is 34.8 Å². The van der Waals surface area contributed by atoms with Crippen LogP contribution in [0.2, 0.25) is 0 Å². The van der Waals surface area contributed by atoms with Gasteiger partial charge in [-0.1, -0.05) is 23.9 Å². The number of halogens is 1. The molecule has 1 atom stereocenters. The van der Waals surface area contributed by atoms with Gasteiger partial charge in [-0.3, -0.25) is 14.8 Å². The first-order valence-electron chi connectivity index (χ1n) is 7.90. The number of amidine groups is 1. The molecule has 25 heavy (non-hydrogen) atoms. The maximum absolute atomic E-state index is 14.5. The Balaban J connectivity index is 1.98. The molecule has 0 fully saturated rings. The molecule has 0 saturated heterocycles. The van der Waals surface area contributed by atoms with Crippen molar-refractivity contribution in [1.29, 1.82) is 0 Å². The first-order valence-corrected chi connectivity index (χ1v) is 8.88. The molecular weight excluding hydrogens is 339 g/mol. The third-order valence-corrected chi connectivity index (χ3v) is 5.13. The Hall–Kier alpha value is -2.41. The van der Waals surface area contributed by atoms with E-state index in [4.69, 9.17) is 11.5 Å². The Bertz CT molecular complexity index is 855. The number of hydrogen-bond acceptors (Lipinski definition) is 5. The van der Waals surface area contributed by atoms with Gasteiger partial charge in [0, 0.05) is 23.9 Å². The fourth-order valence-corrected chi connectivity index (χ4v) is 3.95. The number of amides is 1. The summed E-state index contributed by atoms with van der Waals surface area (Å²) in [5.74, 6) is -0.0494. The predicted octanol–water partition coefficient (Wildman–Crippen LogP) is 2.58. The van der Waals surface area contributed by atoms with Crippen LogP contribution in [0.5, 0.6) is 0 Å². The highest BCUT2D eigenvalue weighted by Crippen LogP contribution is 2.37. The van der Waals surface area contributed by atoms with Crippen molar-refractivity contribution in [2.75, 3.05) is 5.75 Å². The van der Waals surface area contributed by atoms with E-state index in [9.17, 15) is 9.18 Å². The van der Waals surface area contributed by atoms with E-state index in [1.54, 1.807) is 30.5 Å². The number of aromatic nitrogens is 1. The molecule has 2 aromatic rings. The van der Waals surface area contributed by atoms with Gasteiger partial charge >= 0.3 is 0 Å². The summed E-state index contributed by atoms with van der Waals surface area (Å²) in [5, 5.41) is 0.472. The van der Waals surface area contributed by atoms with Crippen molar-refractivity contribution in [2.45, 2.75) is 25.3 Å². The molecule has 4 N–H and O–H groups in total. The third-order valence-electron chi connectivity index (χ3n) is 4.33. The maximum atomic E-state index is 14.5. The largest absolute Gasteiger partial charge is 0.379 e. The van der Waals surface area contributed by atoms with E-state index in [1.807, 2.05) is 6.92 Å². The third kappa shape index (κ3) is 3.66. The van der Waals surface area contributed by atoms with E-state index < -0.39 is 11.4 Å². The molecule has 1 aromatic heterocycles. The van der Waals surface area contributed by atoms with Crippen LogP contribution in [0, 0.1) is 5.82 Å². The van der Waals surface area contributed by atoms with Crippen LogP contribution in [0.4, 0.5) is 4.39 Å². The van der Waals surface area contributed by atoms with Gasteiger partial charge in [-0.05, 0) is 37.1 Å². The average Bonchev–Trinajstić information content (AvgIpc) is 2.56. The zero-order valence-corrected chi connectivity index (χ0v) is 14.6. The van der Waals surface area contributed by atoms with Crippen LogP contribution in [-0.4, -0.2) is 21.8 Å². The second-order valence-corrected chi connectivity index (χ2v) is 7.29. The van der Waals surface area contributed by atoms with E-state index >= 15 is 0 Å². The molecule has 5 nitrogen and oxygen atoms in total. The van der Waals surface area contributed by atoms with E-state index in [0.717, 1.165) is 11.3 Å². The van der Waals surface area contributed by atoms with Gasteiger partial charge < -0.3 is 11.5 Å². The molecule has 1 aliphatic rings. The van der Waals surface area contributed by atoms with Crippen molar-refractivity contribution in [3.8, 4) is 0 Å². The van der Waals surface area contributed by atoms with Gasteiger partial charge in [-0.25, -0.2) is 4.39 Å². The summed E-state index contributed by atoms with van der Waals surface area (Å²) in [4.78, 5) is 20.3. The number of benzene rings is 1. The molecule has 0 spiro atoms. The number of aliphatic imine (C=N–C) groups is 1. The lowest BCUT2D eigenvalue weighted by molar-refractivity contribution is 0.0999. The lowest BCUT2D eigenvalue weighted by Gasteiger charge is -2.30. The molecule has 0 aliphatic carbocycles. The highest BCUT2D eigenvalue weighted by Gasteiger charge is 2.32. The minimum Gasteiger partial charge on any atom is -0.379 e. The van der Waals surface area contributed by atoms with Gasteiger partial charge in [0.2, 0.25) is 0 Å². The summed E-state index contributed by atoms with van der Waals surface area (Å²) in [6.45, 7) is 1.89. The molecule has 1 aliphatic heterocycles. The van der Waals surface area contributed by atoms with Gasteiger partial charge in [-0.15, -0.1) is 0 Å². The molecular formula is C18H19FN4OS. The smallest absolute Gasteiger partial charge is 0.250 e. The molecule has 0 radical (unpaired) electrons. The molecule has 130 valence electrons. The number of carbonyl (C=O) groups excluding carboxylic acids is 1. The Morgan fingerprint density at radius 2 is 2.20 bits per heavy atom. The van der Waals surface area contributed by atoms with Crippen molar-refractivity contribution in [3.05, 3.63) is 64.7 Å². The molecule has 3 rings (SSSR count). The fraction of sp³-hybridized carbons (Fsp3) is 0.278.